The number of nitrogens with zero attached hydrogens (tertiary/aromatic N) is 1. The van der Waals surface area contributed by atoms with E-state index in [9.17, 15) is 0 Å². The highest BCUT2D eigenvalue weighted by molar-refractivity contribution is 6.30. The van der Waals surface area contributed by atoms with E-state index in [1.807, 2.05) is 72.9 Å². The number of nitrogens with one attached hydrogen (secondary N) is 2. The molecule has 0 radical (unpaired) electrons. The minimum atomic E-state index is 0.0171. The molecule has 1 aliphatic heterocycles. The van der Waals surface area contributed by atoms with Crippen LogP contribution in [0.2, 0.25) is 5.02 Å². The molecule has 1 aliphatic rings. The molecule has 3 nitrogen and oxygen atoms in total. The predicted molar refractivity (Wildman–Crippen MR) is 111 cm³/mol. The highest BCUT2D eigenvalue weighted by Gasteiger charge is 2.21. The summed E-state index contributed by atoms with van der Waals surface area (Å²) in [6, 6.07) is 26.1. The summed E-state index contributed by atoms with van der Waals surface area (Å²) in [4.78, 5) is 0. The molecule has 1 unspecified atom stereocenters. The molecule has 0 spiro atoms. The molecule has 0 saturated heterocycles. The Kier molecular flexibility index (Phi) is 4.71. The van der Waals surface area contributed by atoms with E-state index < -0.39 is 0 Å². The van der Waals surface area contributed by atoms with E-state index in [-0.39, 0.29) is 6.04 Å². The predicted octanol–water partition coefficient (Wildman–Crippen LogP) is 5.99. The third-order valence-corrected chi connectivity index (χ3v) is 4.55. The van der Waals surface area contributed by atoms with Crippen LogP contribution < -0.4 is 10.7 Å². The number of anilines is 2. The third-order valence-electron chi connectivity index (χ3n) is 4.30. The van der Waals surface area contributed by atoms with Gasteiger partial charge >= 0.3 is 0 Å². The second-order valence-electron chi connectivity index (χ2n) is 6.10. The first-order chi connectivity index (χ1) is 12.8. The van der Waals surface area contributed by atoms with E-state index in [2.05, 4.69) is 34.1 Å². The quantitative estimate of drug-likeness (QED) is 0.443. The smallest absolute Gasteiger partial charge is 0.0783 e. The summed E-state index contributed by atoms with van der Waals surface area (Å²) in [6.45, 7) is 0. The van der Waals surface area contributed by atoms with Crippen molar-refractivity contribution in [2.24, 2.45) is 5.10 Å². The minimum Gasteiger partial charge on any atom is -0.374 e. The van der Waals surface area contributed by atoms with Crippen molar-refractivity contribution in [3.63, 3.8) is 0 Å². The van der Waals surface area contributed by atoms with Crippen molar-refractivity contribution in [1.82, 2.24) is 0 Å². The fourth-order valence-electron chi connectivity index (χ4n) is 2.99. The van der Waals surface area contributed by atoms with E-state index in [1.54, 1.807) is 0 Å². The minimum absolute atomic E-state index is 0.0171. The van der Waals surface area contributed by atoms with Crippen molar-refractivity contribution in [2.75, 3.05) is 10.7 Å². The average Bonchev–Trinajstić information content (AvgIpc) is 2.69. The van der Waals surface area contributed by atoms with Gasteiger partial charge in [-0.15, -0.1) is 0 Å². The number of benzene rings is 3. The lowest BCUT2D eigenvalue weighted by atomic mass is 9.93. The first kappa shape index (κ1) is 16.4. The molecule has 1 atom stereocenters. The number of halogens is 1. The molecular formula is C22H18ClN3. The molecule has 0 aromatic heterocycles. The van der Waals surface area contributed by atoms with E-state index in [0.29, 0.717) is 0 Å². The lowest BCUT2D eigenvalue weighted by Gasteiger charge is -2.27. The number of hydrogen-bond acceptors (Lipinski definition) is 3. The Morgan fingerprint density at radius 2 is 1.62 bits per heavy atom. The topological polar surface area (TPSA) is 36.4 Å². The van der Waals surface area contributed by atoms with E-state index in [0.717, 1.165) is 33.1 Å². The van der Waals surface area contributed by atoms with Crippen molar-refractivity contribution in [3.8, 4) is 0 Å². The van der Waals surface area contributed by atoms with Gasteiger partial charge in [-0.05, 0) is 53.1 Å². The first-order valence-corrected chi connectivity index (χ1v) is 8.84. The molecule has 3 aromatic rings. The Bertz CT molecular complexity index is 947. The highest BCUT2D eigenvalue weighted by Crippen LogP contribution is 2.34. The van der Waals surface area contributed by atoms with Crippen LogP contribution in [0.15, 0.2) is 89.5 Å². The maximum Gasteiger partial charge on any atom is 0.0783 e. The molecule has 0 aliphatic carbocycles. The molecule has 0 saturated carbocycles. The molecule has 0 fully saturated rings. The van der Waals surface area contributed by atoms with Gasteiger partial charge in [-0.2, -0.15) is 5.10 Å². The average molecular weight is 360 g/mol. The van der Waals surface area contributed by atoms with Crippen molar-refractivity contribution in [3.05, 3.63) is 101 Å². The van der Waals surface area contributed by atoms with Gasteiger partial charge in [0.05, 0.1) is 17.9 Å². The second-order valence-corrected chi connectivity index (χ2v) is 6.53. The fraction of sp³-hybridized carbons (Fsp3) is 0.0455. The fourth-order valence-corrected chi connectivity index (χ4v) is 3.12. The van der Waals surface area contributed by atoms with Crippen molar-refractivity contribution >= 4 is 35.3 Å². The summed E-state index contributed by atoms with van der Waals surface area (Å²) < 4.78 is 0. The summed E-state index contributed by atoms with van der Waals surface area (Å²) in [5.74, 6) is 0. The second kappa shape index (κ2) is 7.46. The van der Waals surface area contributed by atoms with Crippen LogP contribution in [-0.2, 0) is 0 Å². The highest BCUT2D eigenvalue weighted by atomic mass is 35.5. The molecule has 2 N–H and O–H groups in total. The zero-order valence-corrected chi connectivity index (χ0v) is 14.8. The summed E-state index contributed by atoms with van der Waals surface area (Å²) >= 11 is 6.05. The molecule has 3 aromatic carbocycles. The first-order valence-electron chi connectivity index (χ1n) is 8.46. The van der Waals surface area contributed by atoms with Gasteiger partial charge in [0.1, 0.15) is 0 Å². The molecular weight excluding hydrogens is 342 g/mol. The van der Waals surface area contributed by atoms with E-state index >= 15 is 0 Å². The third kappa shape index (κ3) is 3.63. The van der Waals surface area contributed by atoms with Gasteiger partial charge in [0.15, 0.2) is 0 Å². The van der Waals surface area contributed by atoms with Crippen molar-refractivity contribution in [2.45, 2.75) is 6.04 Å². The molecule has 4 rings (SSSR count). The maximum absolute atomic E-state index is 6.05. The summed E-state index contributed by atoms with van der Waals surface area (Å²) in [7, 11) is 0. The van der Waals surface area contributed by atoms with E-state index in [4.69, 9.17) is 11.6 Å². The molecule has 0 amide bonds. The molecule has 0 bridgehead atoms. The number of rotatable bonds is 4. The Hall–Kier alpha value is -3.04. The summed E-state index contributed by atoms with van der Waals surface area (Å²) in [6.07, 6.45) is 4.04. The van der Waals surface area contributed by atoms with Gasteiger partial charge in [0.25, 0.3) is 0 Å². The number of hydrazone groups is 1. The lowest BCUT2D eigenvalue weighted by Crippen LogP contribution is -2.18. The van der Waals surface area contributed by atoms with Gasteiger partial charge in [-0.25, -0.2) is 0 Å². The molecule has 1 heterocycles. The molecule has 26 heavy (non-hydrogen) atoms. The van der Waals surface area contributed by atoms with Crippen LogP contribution in [0.3, 0.4) is 0 Å². The number of fused-ring (bicyclic) bond motifs is 1. The van der Waals surface area contributed by atoms with Crippen LogP contribution in [0, 0.1) is 0 Å². The van der Waals surface area contributed by atoms with Gasteiger partial charge in [0, 0.05) is 10.7 Å². The van der Waals surface area contributed by atoms with Crippen molar-refractivity contribution in [1.29, 1.82) is 0 Å². The number of hydrogen-bond donors (Lipinski definition) is 2. The normalized spacial score (nSPS) is 15.9. The monoisotopic (exact) mass is 359 g/mol. The number of para-hydroxylation sites is 2. The molecule has 128 valence electrons. The lowest BCUT2D eigenvalue weighted by molar-refractivity contribution is 0.951. The van der Waals surface area contributed by atoms with E-state index in [1.165, 1.54) is 0 Å². The summed E-state index contributed by atoms with van der Waals surface area (Å²) in [5.41, 5.74) is 8.51. The largest absolute Gasteiger partial charge is 0.374 e. The van der Waals surface area contributed by atoms with Gasteiger partial charge in [-0.1, -0.05) is 60.1 Å². The Balaban J connectivity index is 1.65. The Morgan fingerprint density at radius 3 is 2.42 bits per heavy atom. The van der Waals surface area contributed by atoms with Crippen LogP contribution in [0.1, 0.15) is 17.2 Å². The Morgan fingerprint density at radius 1 is 0.885 bits per heavy atom. The van der Waals surface area contributed by atoms with Crippen LogP contribution in [0.25, 0.3) is 6.08 Å². The van der Waals surface area contributed by atoms with Crippen molar-refractivity contribution < 1.29 is 0 Å². The summed E-state index contributed by atoms with van der Waals surface area (Å²) in [5, 5.41) is 8.75. The SMILES string of the molecule is Clc1ccc(C2Nc3ccccc3C=C2/C=N/Nc2ccccc2)cc1. The Labute approximate surface area is 158 Å². The van der Waals surface area contributed by atoms with Gasteiger partial charge in [0.2, 0.25) is 0 Å². The maximum atomic E-state index is 6.05. The van der Waals surface area contributed by atoms with Crippen LogP contribution in [0.5, 0.6) is 0 Å². The zero-order chi connectivity index (χ0) is 17.8. The van der Waals surface area contributed by atoms with Crippen LogP contribution >= 0.6 is 11.6 Å². The van der Waals surface area contributed by atoms with Gasteiger partial charge in [-0.3, -0.25) is 5.43 Å². The van der Waals surface area contributed by atoms with Crippen LogP contribution in [-0.4, -0.2) is 6.21 Å². The molecule has 4 heteroatoms. The van der Waals surface area contributed by atoms with Gasteiger partial charge < -0.3 is 5.32 Å². The standard InChI is InChI=1S/C22H18ClN3/c23-19-12-10-16(11-13-19)22-18(14-17-6-4-5-9-21(17)25-22)15-24-26-20-7-2-1-3-8-20/h1-15,22,25-26H/b24-15+. The van der Waals surface area contributed by atoms with Crippen LogP contribution in [0.4, 0.5) is 11.4 Å². The zero-order valence-electron chi connectivity index (χ0n) is 14.1.